The van der Waals surface area contributed by atoms with Gasteiger partial charge in [-0.15, -0.1) is 10.2 Å². The van der Waals surface area contributed by atoms with Crippen LogP contribution in [0.4, 0.5) is 10.8 Å². The molecular weight excluding hydrogens is 428 g/mol. The molecule has 0 saturated heterocycles. The number of rotatable bonds is 9. The Morgan fingerprint density at radius 1 is 1.13 bits per heavy atom. The monoisotopic (exact) mass is 446 g/mol. The number of hydrogen-bond acceptors (Lipinski definition) is 9. The Morgan fingerprint density at radius 2 is 1.93 bits per heavy atom. The van der Waals surface area contributed by atoms with Crippen LogP contribution in [0.25, 0.3) is 0 Å². The van der Waals surface area contributed by atoms with E-state index in [1.54, 1.807) is 31.4 Å². The lowest BCUT2D eigenvalue weighted by Crippen LogP contribution is -2.14. The molecule has 0 atom stereocenters. The van der Waals surface area contributed by atoms with Crippen LogP contribution in [-0.2, 0) is 17.0 Å². The topological polar surface area (TPSA) is 116 Å². The van der Waals surface area contributed by atoms with Crippen LogP contribution in [-0.4, -0.2) is 35.2 Å². The van der Waals surface area contributed by atoms with Crippen molar-refractivity contribution in [2.24, 2.45) is 0 Å². The summed E-state index contributed by atoms with van der Waals surface area (Å²) in [6, 6.07) is 11.7. The Hall–Kier alpha value is -3.18. The molecule has 11 heteroatoms. The van der Waals surface area contributed by atoms with Crippen LogP contribution in [0.1, 0.15) is 11.1 Å². The first kappa shape index (κ1) is 21.5. The minimum Gasteiger partial charge on any atom is -0.493 e. The van der Waals surface area contributed by atoms with Crippen LogP contribution < -0.4 is 14.8 Å². The third-order valence-corrected chi connectivity index (χ3v) is 5.99. The lowest BCUT2D eigenvalue weighted by Gasteiger charge is -2.09. The molecule has 0 spiro atoms. The van der Waals surface area contributed by atoms with Gasteiger partial charge in [-0.2, -0.15) is 0 Å². The zero-order valence-corrected chi connectivity index (χ0v) is 17.8. The second-order valence-corrected chi connectivity index (χ2v) is 8.20. The van der Waals surface area contributed by atoms with Crippen molar-refractivity contribution in [1.29, 1.82) is 0 Å². The number of aromatic nitrogens is 2. The van der Waals surface area contributed by atoms with E-state index in [1.807, 2.05) is 6.07 Å². The van der Waals surface area contributed by atoms with E-state index in [0.29, 0.717) is 26.7 Å². The maximum atomic E-state index is 12.3. The molecule has 2 aromatic carbocycles. The fraction of sp³-hybridized carbons (Fsp3) is 0.211. The van der Waals surface area contributed by atoms with E-state index in [4.69, 9.17) is 9.47 Å². The molecular formula is C19H18N4O5S2. The number of carbonyl (C=O) groups is 1. The summed E-state index contributed by atoms with van der Waals surface area (Å²) in [5.41, 5.74) is 1.63. The van der Waals surface area contributed by atoms with Crippen molar-refractivity contribution in [3.05, 3.63) is 63.7 Å². The molecule has 3 rings (SSSR count). The van der Waals surface area contributed by atoms with Gasteiger partial charge in [-0.3, -0.25) is 14.9 Å². The summed E-state index contributed by atoms with van der Waals surface area (Å²) in [7, 11) is 3.09. The van der Waals surface area contributed by atoms with Gasteiger partial charge >= 0.3 is 0 Å². The number of hydrogen-bond donors (Lipinski definition) is 1. The van der Waals surface area contributed by atoms with E-state index in [-0.39, 0.29) is 18.0 Å². The van der Waals surface area contributed by atoms with Gasteiger partial charge in [0.15, 0.2) is 15.8 Å². The molecule has 0 bridgehead atoms. The second kappa shape index (κ2) is 10.0. The maximum Gasteiger partial charge on any atom is 0.269 e. The highest BCUT2D eigenvalue weighted by molar-refractivity contribution is 8.00. The number of methoxy groups -OCH3 is 2. The molecule has 0 saturated carbocycles. The van der Waals surface area contributed by atoms with Crippen molar-refractivity contribution in [2.75, 3.05) is 19.5 Å². The summed E-state index contributed by atoms with van der Waals surface area (Å²) < 4.78 is 11.1. The quantitative estimate of drug-likeness (QED) is 0.227. The summed E-state index contributed by atoms with van der Waals surface area (Å²) in [6.45, 7) is 0. The molecule has 0 aliphatic carbocycles. The SMILES string of the molecule is COc1ccc(CC(=O)Nc2nnc(SCc3cccc([N+](=O)[O-])c3)s2)cc1OC. The van der Waals surface area contributed by atoms with Crippen LogP contribution in [0.2, 0.25) is 0 Å². The highest BCUT2D eigenvalue weighted by Crippen LogP contribution is 2.30. The minimum absolute atomic E-state index is 0.0495. The Morgan fingerprint density at radius 3 is 2.67 bits per heavy atom. The number of carbonyl (C=O) groups excluding carboxylic acids is 1. The van der Waals surface area contributed by atoms with E-state index < -0.39 is 4.92 Å². The number of nitro benzene ring substituents is 1. The number of nitro groups is 1. The predicted octanol–water partition coefficient (Wildman–Crippen LogP) is 3.94. The van der Waals surface area contributed by atoms with Crippen molar-refractivity contribution in [3.8, 4) is 11.5 Å². The van der Waals surface area contributed by atoms with Gasteiger partial charge in [0, 0.05) is 17.9 Å². The predicted molar refractivity (Wildman–Crippen MR) is 114 cm³/mol. The fourth-order valence-electron chi connectivity index (χ4n) is 2.56. The van der Waals surface area contributed by atoms with E-state index in [1.165, 1.54) is 42.3 Å². The molecule has 0 aliphatic rings. The van der Waals surface area contributed by atoms with Crippen molar-refractivity contribution in [1.82, 2.24) is 10.2 Å². The van der Waals surface area contributed by atoms with Crippen LogP contribution in [0, 0.1) is 10.1 Å². The summed E-state index contributed by atoms with van der Waals surface area (Å²) in [5, 5.41) is 22.0. The molecule has 156 valence electrons. The van der Waals surface area contributed by atoms with Gasteiger partial charge in [0.1, 0.15) is 0 Å². The minimum atomic E-state index is -0.425. The molecule has 1 heterocycles. The number of nitrogens with zero attached hydrogens (tertiary/aromatic N) is 3. The van der Waals surface area contributed by atoms with Gasteiger partial charge in [-0.05, 0) is 23.3 Å². The zero-order chi connectivity index (χ0) is 21.5. The molecule has 0 unspecified atom stereocenters. The highest BCUT2D eigenvalue weighted by atomic mass is 32.2. The molecule has 3 aromatic rings. The second-order valence-electron chi connectivity index (χ2n) is 6.00. The molecule has 9 nitrogen and oxygen atoms in total. The van der Waals surface area contributed by atoms with Gasteiger partial charge in [0.2, 0.25) is 11.0 Å². The van der Waals surface area contributed by atoms with Crippen LogP contribution in [0.15, 0.2) is 46.8 Å². The van der Waals surface area contributed by atoms with Gasteiger partial charge in [-0.25, -0.2) is 0 Å². The lowest BCUT2D eigenvalue weighted by molar-refractivity contribution is -0.384. The third-order valence-electron chi connectivity index (χ3n) is 3.95. The van der Waals surface area contributed by atoms with Crippen LogP contribution in [0.5, 0.6) is 11.5 Å². The number of thioether (sulfide) groups is 1. The molecule has 1 amide bonds. The van der Waals surface area contributed by atoms with Crippen molar-refractivity contribution in [3.63, 3.8) is 0 Å². The number of anilines is 1. The van der Waals surface area contributed by atoms with Gasteiger partial charge in [-0.1, -0.05) is 41.3 Å². The number of amides is 1. The van der Waals surface area contributed by atoms with Gasteiger partial charge in [0.05, 0.1) is 25.6 Å². The Labute approximate surface area is 180 Å². The first-order valence-corrected chi connectivity index (χ1v) is 10.5. The van der Waals surface area contributed by atoms with Crippen LogP contribution >= 0.6 is 23.1 Å². The molecule has 30 heavy (non-hydrogen) atoms. The smallest absolute Gasteiger partial charge is 0.269 e. The number of non-ortho nitro benzene ring substituents is 1. The fourth-order valence-corrected chi connectivity index (χ4v) is 4.27. The average Bonchev–Trinajstić information content (AvgIpc) is 3.19. The first-order valence-electron chi connectivity index (χ1n) is 8.69. The van der Waals surface area contributed by atoms with Gasteiger partial charge in [0.25, 0.3) is 5.69 Å². The highest BCUT2D eigenvalue weighted by Gasteiger charge is 2.12. The zero-order valence-electron chi connectivity index (χ0n) is 16.2. The van der Waals surface area contributed by atoms with E-state index >= 15 is 0 Å². The summed E-state index contributed by atoms with van der Waals surface area (Å²) in [6.07, 6.45) is 0.149. The normalized spacial score (nSPS) is 10.5. The molecule has 1 N–H and O–H groups in total. The molecule has 0 fully saturated rings. The van der Waals surface area contributed by atoms with E-state index in [2.05, 4.69) is 15.5 Å². The van der Waals surface area contributed by atoms with Gasteiger partial charge < -0.3 is 14.8 Å². The van der Waals surface area contributed by atoms with E-state index in [9.17, 15) is 14.9 Å². The Balaban J connectivity index is 1.55. The maximum absolute atomic E-state index is 12.3. The molecule has 1 aromatic heterocycles. The Kier molecular flexibility index (Phi) is 7.20. The first-order chi connectivity index (χ1) is 14.5. The Bertz CT molecular complexity index is 1060. The van der Waals surface area contributed by atoms with Crippen molar-refractivity contribution >= 4 is 39.8 Å². The number of nitrogens with one attached hydrogen (secondary N) is 1. The van der Waals surface area contributed by atoms with Crippen molar-refractivity contribution < 1.29 is 19.2 Å². The summed E-state index contributed by atoms with van der Waals surface area (Å²) in [5.74, 6) is 1.43. The van der Waals surface area contributed by atoms with E-state index in [0.717, 1.165) is 11.1 Å². The van der Waals surface area contributed by atoms with Crippen LogP contribution in [0.3, 0.4) is 0 Å². The molecule has 0 radical (unpaired) electrons. The van der Waals surface area contributed by atoms with Crippen molar-refractivity contribution in [2.45, 2.75) is 16.5 Å². The number of benzene rings is 2. The largest absolute Gasteiger partial charge is 0.493 e. The third kappa shape index (κ3) is 5.67. The molecule has 0 aliphatic heterocycles. The lowest BCUT2D eigenvalue weighted by atomic mass is 10.1. The number of ether oxygens (including phenoxy) is 2. The standard InChI is InChI=1S/C19H18N4O5S2/c1-27-15-7-6-12(9-16(15)28-2)10-17(24)20-18-21-22-19(30-18)29-11-13-4-3-5-14(8-13)23(25)26/h3-9H,10-11H2,1-2H3,(H,20,21,24). The summed E-state index contributed by atoms with van der Waals surface area (Å²) >= 11 is 2.64. The average molecular weight is 447 g/mol. The summed E-state index contributed by atoms with van der Waals surface area (Å²) in [4.78, 5) is 22.7.